The van der Waals surface area contributed by atoms with Gasteiger partial charge in [-0.2, -0.15) is 8.78 Å². The van der Waals surface area contributed by atoms with Crippen molar-refractivity contribution < 1.29 is 22.7 Å². The first-order chi connectivity index (χ1) is 18.2. The Bertz CT molecular complexity index is 1430. The fourth-order valence-corrected chi connectivity index (χ4v) is 4.73. The van der Waals surface area contributed by atoms with Gasteiger partial charge in [-0.05, 0) is 59.5 Å². The summed E-state index contributed by atoms with van der Waals surface area (Å²) < 4.78 is 44.4. The van der Waals surface area contributed by atoms with Crippen LogP contribution in [0.15, 0.2) is 60.9 Å². The second-order valence-electron chi connectivity index (χ2n) is 9.60. The Morgan fingerprint density at radius 3 is 2.53 bits per heavy atom. The predicted molar refractivity (Wildman–Crippen MR) is 139 cm³/mol. The number of benzene rings is 2. The van der Waals surface area contributed by atoms with Gasteiger partial charge in [-0.15, -0.1) is 0 Å². The maximum absolute atomic E-state index is 13.3. The van der Waals surface area contributed by atoms with Crippen LogP contribution in [0.4, 0.5) is 19.0 Å². The van der Waals surface area contributed by atoms with Crippen LogP contribution >= 0.6 is 0 Å². The Kier molecular flexibility index (Phi) is 6.96. The molecule has 0 unspecified atom stereocenters. The van der Waals surface area contributed by atoms with Gasteiger partial charge in [-0.3, -0.25) is 4.79 Å². The molecule has 5 rings (SSSR count). The van der Waals surface area contributed by atoms with E-state index < -0.39 is 6.11 Å². The first kappa shape index (κ1) is 25.6. The summed E-state index contributed by atoms with van der Waals surface area (Å²) in [5.41, 5.74) is 3.13. The van der Waals surface area contributed by atoms with E-state index in [9.17, 15) is 18.0 Å². The highest BCUT2D eigenvalue weighted by atomic mass is 19.3. The molecule has 0 saturated carbocycles. The number of carbonyl (C=O) groups is 1. The van der Waals surface area contributed by atoms with Crippen molar-refractivity contribution >= 4 is 22.8 Å². The van der Waals surface area contributed by atoms with E-state index >= 15 is 0 Å². The third-order valence-corrected chi connectivity index (χ3v) is 6.70. The number of aromatic nitrogens is 3. The fourth-order valence-electron chi connectivity index (χ4n) is 4.73. The summed E-state index contributed by atoms with van der Waals surface area (Å²) in [4.78, 5) is 29.1. The number of anilines is 1. The second kappa shape index (κ2) is 10.4. The SMILES string of the molecule is C[C@H](CC(=O)N1CCN(c2ncnc3[nH]c(-c4ccc(F)cc4)cc23)CC1)c1cccc(OC(C)(F)F)c1. The van der Waals surface area contributed by atoms with E-state index in [2.05, 4.69) is 24.6 Å². The molecule has 7 nitrogen and oxygen atoms in total. The quantitative estimate of drug-likeness (QED) is 0.342. The minimum Gasteiger partial charge on any atom is -0.433 e. The molecule has 2 aromatic carbocycles. The smallest absolute Gasteiger partial charge is 0.394 e. The summed E-state index contributed by atoms with van der Waals surface area (Å²) in [6, 6.07) is 14.7. The van der Waals surface area contributed by atoms with Gasteiger partial charge in [0.2, 0.25) is 5.91 Å². The molecule has 198 valence electrons. The number of amides is 1. The number of carbonyl (C=O) groups excluding carboxylic acids is 1. The van der Waals surface area contributed by atoms with E-state index in [1.807, 2.05) is 24.0 Å². The van der Waals surface area contributed by atoms with E-state index in [0.717, 1.165) is 28.0 Å². The van der Waals surface area contributed by atoms with Crippen molar-refractivity contribution in [3.63, 3.8) is 0 Å². The van der Waals surface area contributed by atoms with Crippen LogP contribution in [0.2, 0.25) is 0 Å². The number of hydrogen-bond donors (Lipinski definition) is 1. The average Bonchev–Trinajstić information content (AvgIpc) is 3.33. The molecular weight excluding hydrogens is 495 g/mol. The highest BCUT2D eigenvalue weighted by Gasteiger charge is 2.26. The van der Waals surface area contributed by atoms with Gasteiger partial charge >= 0.3 is 6.11 Å². The van der Waals surface area contributed by atoms with Gasteiger partial charge in [0.05, 0.1) is 5.39 Å². The average molecular weight is 524 g/mol. The number of H-pyrrole nitrogens is 1. The lowest BCUT2D eigenvalue weighted by Gasteiger charge is -2.36. The maximum atomic E-state index is 13.3. The number of rotatable bonds is 7. The minimum absolute atomic E-state index is 0.0115. The van der Waals surface area contributed by atoms with Crippen LogP contribution in [0.5, 0.6) is 5.75 Å². The van der Waals surface area contributed by atoms with Crippen LogP contribution in [0.25, 0.3) is 22.3 Å². The maximum Gasteiger partial charge on any atom is 0.394 e. The predicted octanol–water partition coefficient (Wildman–Crippen LogP) is 5.60. The normalized spacial score (nSPS) is 15.1. The Labute approximate surface area is 218 Å². The Morgan fingerprint density at radius 2 is 1.82 bits per heavy atom. The van der Waals surface area contributed by atoms with Gasteiger partial charge in [-0.1, -0.05) is 19.1 Å². The third kappa shape index (κ3) is 5.74. The number of alkyl halides is 2. The molecule has 1 N–H and O–H groups in total. The van der Waals surface area contributed by atoms with Crippen molar-refractivity contribution in [2.75, 3.05) is 31.1 Å². The van der Waals surface area contributed by atoms with E-state index in [1.165, 1.54) is 24.5 Å². The number of nitrogens with zero attached hydrogens (tertiary/aromatic N) is 4. The molecule has 1 atom stereocenters. The number of piperazine rings is 1. The zero-order chi connectivity index (χ0) is 26.9. The number of hydrogen-bond acceptors (Lipinski definition) is 5. The van der Waals surface area contributed by atoms with Gasteiger partial charge < -0.3 is 19.5 Å². The first-order valence-electron chi connectivity index (χ1n) is 12.5. The monoisotopic (exact) mass is 523 g/mol. The van der Waals surface area contributed by atoms with E-state index in [1.54, 1.807) is 24.3 Å². The van der Waals surface area contributed by atoms with Gasteiger partial charge in [0.1, 0.15) is 29.4 Å². The molecule has 3 heterocycles. The number of halogens is 3. The van der Waals surface area contributed by atoms with Crippen molar-refractivity contribution in [3.8, 4) is 17.0 Å². The molecule has 0 aliphatic carbocycles. The van der Waals surface area contributed by atoms with Crippen LogP contribution in [-0.4, -0.2) is 58.0 Å². The summed E-state index contributed by atoms with van der Waals surface area (Å²) in [5, 5.41) is 0.861. The summed E-state index contributed by atoms with van der Waals surface area (Å²) in [5.74, 6) is 0.421. The van der Waals surface area contributed by atoms with E-state index in [-0.39, 0.29) is 29.8 Å². The molecule has 1 fully saturated rings. The fraction of sp³-hybridized carbons (Fsp3) is 0.321. The number of fused-ring (bicyclic) bond motifs is 1. The molecule has 38 heavy (non-hydrogen) atoms. The van der Waals surface area contributed by atoms with Crippen LogP contribution in [0.3, 0.4) is 0 Å². The summed E-state index contributed by atoms with van der Waals surface area (Å²) in [6.45, 7) is 4.89. The van der Waals surface area contributed by atoms with Crippen molar-refractivity contribution in [3.05, 3.63) is 72.3 Å². The largest absolute Gasteiger partial charge is 0.433 e. The van der Waals surface area contributed by atoms with Gasteiger partial charge in [0, 0.05) is 45.2 Å². The molecule has 0 radical (unpaired) electrons. The lowest BCUT2D eigenvalue weighted by molar-refractivity contribution is -0.159. The van der Waals surface area contributed by atoms with E-state index in [0.29, 0.717) is 38.7 Å². The lowest BCUT2D eigenvalue weighted by Crippen LogP contribution is -2.49. The number of ether oxygens (including phenoxy) is 1. The molecular formula is C28H28F3N5O2. The highest BCUT2D eigenvalue weighted by molar-refractivity contribution is 5.92. The highest BCUT2D eigenvalue weighted by Crippen LogP contribution is 2.30. The molecule has 4 aromatic rings. The van der Waals surface area contributed by atoms with Crippen LogP contribution in [-0.2, 0) is 4.79 Å². The number of nitrogens with one attached hydrogen (secondary N) is 1. The van der Waals surface area contributed by atoms with Gasteiger partial charge in [-0.25, -0.2) is 14.4 Å². The Morgan fingerprint density at radius 1 is 1.08 bits per heavy atom. The van der Waals surface area contributed by atoms with Gasteiger partial charge in [0.25, 0.3) is 0 Å². The molecule has 1 aliphatic rings. The zero-order valence-corrected chi connectivity index (χ0v) is 21.1. The molecule has 10 heteroatoms. The summed E-state index contributed by atoms with van der Waals surface area (Å²) >= 11 is 0. The van der Waals surface area contributed by atoms with Crippen molar-refractivity contribution in [1.82, 2.24) is 19.9 Å². The molecule has 1 amide bonds. The van der Waals surface area contributed by atoms with Crippen molar-refractivity contribution in [2.45, 2.75) is 32.3 Å². The number of aromatic amines is 1. The molecule has 1 saturated heterocycles. The molecule has 1 aliphatic heterocycles. The Hall–Kier alpha value is -4.08. The Balaban J connectivity index is 1.22. The molecule has 0 spiro atoms. The lowest BCUT2D eigenvalue weighted by atomic mass is 9.97. The van der Waals surface area contributed by atoms with Crippen LogP contribution < -0.4 is 9.64 Å². The zero-order valence-electron chi connectivity index (χ0n) is 21.1. The van der Waals surface area contributed by atoms with Gasteiger partial charge in [0.15, 0.2) is 0 Å². The van der Waals surface area contributed by atoms with E-state index in [4.69, 9.17) is 0 Å². The topological polar surface area (TPSA) is 74.4 Å². The standard InChI is InChI=1S/C28H28F3N5O2/c1-18(20-4-3-5-22(15-20)38-28(2,30)31)14-25(37)35-10-12-36(13-11-35)27-23-16-24(34-26(23)32-17-33-27)19-6-8-21(29)9-7-19/h3-9,15-18H,10-14H2,1-2H3,(H,32,33,34)/t18-/m1/s1. The van der Waals surface area contributed by atoms with Crippen molar-refractivity contribution in [2.24, 2.45) is 0 Å². The summed E-state index contributed by atoms with van der Waals surface area (Å²) in [6.07, 6.45) is -1.49. The van der Waals surface area contributed by atoms with Crippen LogP contribution in [0.1, 0.15) is 31.7 Å². The van der Waals surface area contributed by atoms with Crippen LogP contribution in [0, 0.1) is 5.82 Å². The minimum atomic E-state index is -3.27. The second-order valence-corrected chi connectivity index (χ2v) is 9.60. The molecule has 0 bridgehead atoms. The third-order valence-electron chi connectivity index (χ3n) is 6.70. The first-order valence-corrected chi connectivity index (χ1v) is 12.5. The summed E-state index contributed by atoms with van der Waals surface area (Å²) in [7, 11) is 0. The molecule has 2 aromatic heterocycles. The van der Waals surface area contributed by atoms with Crippen molar-refractivity contribution in [1.29, 1.82) is 0 Å².